The molecule has 2 aromatic rings. The summed E-state index contributed by atoms with van der Waals surface area (Å²) in [7, 11) is 0. The maximum absolute atomic E-state index is 12.7. The minimum absolute atomic E-state index is 0.00946. The molecule has 2 rings (SSSR count). The summed E-state index contributed by atoms with van der Waals surface area (Å²) < 4.78 is 44.0. The molecule has 0 saturated carbocycles. The number of halogens is 3. The highest BCUT2D eigenvalue weighted by Crippen LogP contribution is 2.29. The summed E-state index contributed by atoms with van der Waals surface area (Å²) in [5.41, 5.74) is 1.83. The van der Waals surface area contributed by atoms with Crippen LogP contribution in [0.4, 0.5) is 13.2 Å². The van der Waals surface area contributed by atoms with Crippen molar-refractivity contribution >= 4 is 5.91 Å². The molecule has 0 aliphatic carbocycles. The van der Waals surface area contributed by atoms with Crippen molar-refractivity contribution in [3.05, 3.63) is 64.7 Å². The predicted molar refractivity (Wildman–Crippen MR) is 93.9 cm³/mol. The normalized spacial score (nSPS) is 12.5. The average Bonchev–Trinajstić information content (AvgIpc) is 2.60. The van der Waals surface area contributed by atoms with E-state index in [9.17, 15) is 18.0 Å². The molecule has 0 fully saturated rings. The van der Waals surface area contributed by atoms with Crippen molar-refractivity contribution in [2.24, 2.45) is 0 Å². The minimum atomic E-state index is -4.40. The smallest absolute Gasteiger partial charge is 0.416 e. The summed E-state index contributed by atoms with van der Waals surface area (Å²) in [6, 6.07) is 10.5. The fourth-order valence-electron chi connectivity index (χ4n) is 2.43. The Morgan fingerprint density at radius 3 is 2.46 bits per heavy atom. The van der Waals surface area contributed by atoms with E-state index in [4.69, 9.17) is 4.74 Å². The lowest BCUT2D eigenvalue weighted by molar-refractivity contribution is -0.137. The SMILES string of the molecule is CC[C@@H](Oc1ccc(C)c(C)c1)C(=O)NCc1cccc(C(F)(F)F)c1. The van der Waals surface area contributed by atoms with E-state index in [1.165, 1.54) is 6.07 Å². The number of nitrogens with one attached hydrogen (secondary N) is 1. The van der Waals surface area contributed by atoms with E-state index in [1.54, 1.807) is 12.1 Å². The van der Waals surface area contributed by atoms with E-state index in [0.29, 0.717) is 17.7 Å². The quantitative estimate of drug-likeness (QED) is 0.799. The van der Waals surface area contributed by atoms with Crippen molar-refractivity contribution in [3.8, 4) is 5.75 Å². The number of rotatable bonds is 6. The van der Waals surface area contributed by atoms with Gasteiger partial charge in [0.05, 0.1) is 5.56 Å². The first-order valence-electron chi connectivity index (χ1n) is 8.38. The molecule has 0 aliphatic heterocycles. The van der Waals surface area contributed by atoms with Gasteiger partial charge in [0, 0.05) is 6.54 Å². The van der Waals surface area contributed by atoms with Gasteiger partial charge in [-0.05, 0) is 61.2 Å². The van der Waals surface area contributed by atoms with Gasteiger partial charge in [-0.25, -0.2) is 0 Å². The number of hydrogen-bond acceptors (Lipinski definition) is 2. The summed E-state index contributed by atoms with van der Waals surface area (Å²) >= 11 is 0. The zero-order valence-corrected chi connectivity index (χ0v) is 15.0. The zero-order valence-electron chi connectivity index (χ0n) is 15.0. The highest BCUT2D eigenvalue weighted by atomic mass is 19.4. The molecule has 3 nitrogen and oxygen atoms in total. The molecule has 0 aromatic heterocycles. The topological polar surface area (TPSA) is 38.3 Å². The van der Waals surface area contributed by atoms with Crippen LogP contribution in [0, 0.1) is 13.8 Å². The van der Waals surface area contributed by atoms with Crippen LogP contribution < -0.4 is 10.1 Å². The van der Waals surface area contributed by atoms with E-state index in [2.05, 4.69) is 5.32 Å². The van der Waals surface area contributed by atoms with Crippen molar-refractivity contribution < 1.29 is 22.7 Å². The van der Waals surface area contributed by atoms with Gasteiger partial charge in [-0.15, -0.1) is 0 Å². The minimum Gasteiger partial charge on any atom is -0.481 e. The summed E-state index contributed by atoms with van der Waals surface area (Å²) in [4.78, 5) is 12.3. The summed E-state index contributed by atoms with van der Waals surface area (Å²) in [5.74, 6) is 0.234. The molecule has 0 unspecified atom stereocenters. The van der Waals surface area contributed by atoms with Crippen LogP contribution in [0.15, 0.2) is 42.5 Å². The van der Waals surface area contributed by atoms with Gasteiger partial charge in [-0.3, -0.25) is 4.79 Å². The Morgan fingerprint density at radius 1 is 1.12 bits per heavy atom. The number of carbonyl (C=O) groups excluding carboxylic acids is 1. The number of aryl methyl sites for hydroxylation is 2. The fourth-order valence-corrected chi connectivity index (χ4v) is 2.43. The second-order valence-electron chi connectivity index (χ2n) is 6.18. The third kappa shape index (κ3) is 5.25. The molecule has 1 N–H and O–H groups in total. The maximum Gasteiger partial charge on any atom is 0.416 e. The van der Waals surface area contributed by atoms with E-state index in [-0.39, 0.29) is 12.5 Å². The molecule has 140 valence electrons. The first kappa shape index (κ1) is 19.8. The lowest BCUT2D eigenvalue weighted by Crippen LogP contribution is -2.37. The van der Waals surface area contributed by atoms with Gasteiger partial charge in [0.2, 0.25) is 0 Å². The Balaban J connectivity index is 2.00. The Hall–Kier alpha value is -2.50. The lowest BCUT2D eigenvalue weighted by atomic mass is 10.1. The number of benzene rings is 2. The van der Waals surface area contributed by atoms with Gasteiger partial charge in [-0.1, -0.05) is 25.1 Å². The molecular formula is C20H22F3NO2. The van der Waals surface area contributed by atoms with Crippen LogP contribution in [0.3, 0.4) is 0 Å². The van der Waals surface area contributed by atoms with E-state index in [0.717, 1.165) is 23.3 Å². The second kappa shape index (κ2) is 8.25. The van der Waals surface area contributed by atoms with Gasteiger partial charge in [0.25, 0.3) is 5.91 Å². The van der Waals surface area contributed by atoms with E-state index < -0.39 is 17.8 Å². The van der Waals surface area contributed by atoms with Crippen molar-refractivity contribution in [1.82, 2.24) is 5.32 Å². The van der Waals surface area contributed by atoms with Crippen LogP contribution in [0.2, 0.25) is 0 Å². The summed E-state index contributed by atoms with van der Waals surface area (Å²) in [6.45, 7) is 5.76. The molecule has 0 aliphatic rings. The number of ether oxygens (including phenoxy) is 1. The average molecular weight is 365 g/mol. The predicted octanol–water partition coefficient (Wildman–Crippen LogP) is 4.80. The van der Waals surface area contributed by atoms with Gasteiger partial charge in [0.15, 0.2) is 6.10 Å². The molecule has 26 heavy (non-hydrogen) atoms. The summed E-state index contributed by atoms with van der Waals surface area (Å²) in [6.07, 6.45) is -4.66. The Morgan fingerprint density at radius 2 is 1.85 bits per heavy atom. The fraction of sp³-hybridized carbons (Fsp3) is 0.350. The molecule has 1 atom stereocenters. The third-order valence-corrected chi connectivity index (χ3v) is 4.14. The Bertz CT molecular complexity index is 772. The van der Waals surface area contributed by atoms with Gasteiger partial charge in [0.1, 0.15) is 5.75 Å². The van der Waals surface area contributed by atoms with Crippen molar-refractivity contribution in [2.45, 2.75) is 46.0 Å². The highest BCUT2D eigenvalue weighted by Gasteiger charge is 2.30. The molecule has 1 amide bonds. The largest absolute Gasteiger partial charge is 0.481 e. The van der Waals surface area contributed by atoms with Crippen LogP contribution in [-0.4, -0.2) is 12.0 Å². The summed E-state index contributed by atoms with van der Waals surface area (Å²) in [5, 5.41) is 2.64. The third-order valence-electron chi connectivity index (χ3n) is 4.14. The number of alkyl halides is 3. The van der Waals surface area contributed by atoms with Gasteiger partial charge < -0.3 is 10.1 Å². The van der Waals surface area contributed by atoms with Gasteiger partial charge in [-0.2, -0.15) is 13.2 Å². The molecule has 2 aromatic carbocycles. The molecule has 0 radical (unpaired) electrons. The van der Waals surface area contributed by atoms with Crippen LogP contribution in [0.5, 0.6) is 5.75 Å². The van der Waals surface area contributed by atoms with E-state index >= 15 is 0 Å². The Kier molecular flexibility index (Phi) is 6.29. The van der Waals surface area contributed by atoms with Crippen LogP contribution >= 0.6 is 0 Å². The number of hydrogen-bond donors (Lipinski definition) is 1. The number of carbonyl (C=O) groups is 1. The maximum atomic E-state index is 12.7. The van der Waals surface area contributed by atoms with Crippen LogP contribution in [0.25, 0.3) is 0 Å². The lowest BCUT2D eigenvalue weighted by Gasteiger charge is -2.18. The highest BCUT2D eigenvalue weighted by molar-refractivity contribution is 5.81. The van der Waals surface area contributed by atoms with E-state index in [1.807, 2.05) is 32.9 Å². The van der Waals surface area contributed by atoms with Crippen molar-refractivity contribution in [2.75, 3.05) is 0 Å². The first-order valence-corrected chi connectivity index (χ1v) is 8.38. The molecule has 6 heteroatoms. The standard InChI is InChI=1S/C20H22F3NO2/c1-4-18(26-17-9-8-13(2)14(3)10-17)19(25)24-12-15-6-5-7-16(11-15)20(21,22)23/h5-11,18H,4,12H2,1-3H3,(H,24,25)/t18-/m1/s1. The van der Waals surface area contributed by atoms with Gasteiger partial charge >= 0.3 is 6.18 Å². The zero-order chi connectivity index (χ0) is 19.3. The first-order chi connectivity index (χ1) is 12.2. The van der Waals surface area contributed by atoms with Crippen molar-refractivity contribution in [3.63, 3.8) is 0 Å². The molecular weight excluding hydrogens is 343 g/mol. The monoisotopic (exact) mass is 365 g/mol. The van der Waals surface area contributed by atoms with Crippen LogP contribution in [-0.2, 0) is 17.5 Å². The molecule has 0 spiro atoms. The molecule has 0 bridgehead atoms. The Labute approximate surface area is 151 Å². The number of amides is 1. The molecule has 0 saturated heterocycles. The van der Waals surface area contributed by atoms with Crippen LogP contribution in [0.1, 0.15) is 35.6 Å². The molecule has 0 heterocycles. The second-order valence-corrected chi connectivity index (χ2v) is 6.18. The van der Waals surface area contributed by atoms with Crippen molar-refractivity contribution in [1.29, 1.82) is 0 Å².